The van der Waals surface area contributed by atoms with Crippen molar-refractivity contribution in [2.24, 2.45) is 5.92 Å². The quantitative estimate of drug-likeness (QED) is 0.657. The van der Waals surface area contributed by atoms with E-state index in [0.29, 0.717) is 25.3 Å². The van der Waals surface area contributed by atoms with Crippen molar-refractivity contribution < 1.29 is 19.5 Å². The standard InChI is InChI=1S/C13H23N3O4S/c1-14-11(17)9-4-3-6-16(8-9)13(20)15-10(12(18)19)5-7-21-2/h9-10H,3-8H2,1-2H3,(H,14,17)(H,15,20)(H,18,19)/t9?,10-/m0/s1. The molecule has 8 heteroatoms. The summed E-state index contributed by atoms with van der Waals surface area (Å²) in [4.78, 5) is 36.4. The van der Waals surface area contributed by atoms with E-state index in [1.165, 1.54) is 16.7 Å². The molecule has 0 aromatic heterocycles. The molecule has 7 nitrogen and oxygen atoms in total. The molecule has 1 fully saturated rings. The van der Waals surface area contributed by atoms with Crippen molar-refractivity contribution in [2.45, 2.75) is 25.3 Å². The van der Waals surface area contributed by atoms with Gasteiger partial charge in [0.25, 0.3) is 0 Å². The molecule has 1 unspecified atom stereocenters. The van der Waals surface area contributed by atoms with Crippen molar-refractivity contribution in [3.63, 3.8) is 0 Å². The molecular formula is C13H23N3O4S. The molecule has 3 N–H and O–H groups in total. The highest BCUT2D eigenvalue weighted by atomic mass is 32.2. The fourth-order valence-electron chi connectivity index (χ4n) is 2.31. The Morgan fingerprint density at radius 2 is 2.14 bits per heavy atom. The van der Waals surface area contributed by atoms with Crippen molar-refractivity contribution in [1.82, 2.24) is 15.5 Å². The Morgan fingerprint density at radius 1 is 1.43 bits per heavy atom. The zero-order valence-electron chi connectivity index (χ0n) is 12.4. The lowest BCUT2D eigenvalue weighted by atomic mass is 9.97. The van der Waals surface area contributed by atoms with Crippen molar-refractivity contribution in [3.8, 4) is 0 Å². The number of nitrogens with zero attached hydrogens (tertiary/aromatic N) is 1. The lowest BCUT2D eigenvalue weighted by Gasteiger charge is -2.32. The number of amides is 3. The van der Waals surface area contributed by atoms with E-state index in [4.69, 9.17) is 5.11 Å². The molecule has 0 bridgehead atoms. The van der Waals surface area contributed by atoms with Crippen LogP contribution in [0.15, 0.2) is 0 Å². The summed E-state index contributed by atoms with van der Waals surface area (Å²) in [5.41, 5.74) is 0. The van der Waals surface area contributed by atoms with E-state index >= 15 is 0 Å². The Balaban J connectivity index is 2.56. The largest absolute Gasteiger partial charge is 0.480 e. The predicted molar refractivity (Wildman–Crippen MR) is 81.3 cm³/mol. The van der Waals surface area contributed by atoms with Crippen LogP contribution in [-0.2, 0) is 9.59 Å². The minimum absolute atomic E-state index is 0.0790. The summed E-state index contributed by atoms with van der Waals surface area (Å²) >= 11 is 1.54. The molecule has 0 aromatic rings. The summed E-state index contributed by atoms with van der Waals surface area (Å²) in [7, 11) is 1.57. The minimum atomic E-state index is -1.03. The maximum Gasteiger partial charge on any atom is 0.326 e. The van der Waals surface area contributed by atoms with Gasteiger partial charge in [0.15, 0.2) is 0 Å². The SMILES string of the molecule is CNC(=O)C1CCCN(C(=O)N[C@@H](CCSC)C(=O)O)C1. The average Bonchev–Trinajstić information content (AvgIpc) is 2.50. The molecule has 3 amide bonds. The van der Waals surface area contributed by atoms with E-state index in [1.807, 2.05) is 6.26 Å². The van der Waals surface area contributed by atoms with Crippen LogP contribution in [0.4, 0.5) is 4.79 Å². The highest BCUT2D eigenvalue weighted by Crippen LogP contribution is 2.16. The van der Waals surface area contributed by atoms with Crippen molar-refractivity contribution in [3.05, 3.63) is 0 Å². The Hall–Kier alpha value is -1.44. The Bertz CT molecular complexity index is 392. The highest BCUT2D eigenvalue weighted by molar-refractivity contribution is 7.98. The zero-order valence-corrected chi connectivity index (χ0v) is 13.2. The van der Waals surface area contributed by atoms with E-state index in [1.54, 1.807) is 7.05 Å². The van der Waals surface area contributed by atoms with Gasteiger partial charge in [-0.05, 0) is 31.3 Å². The molecule has 1 saturated heterocycles. The summed E-state index contributed by atoms with van der Waals surface area (Å²) in [5, 5.41) is 14.2. The molecule has 1 rings (SSSR count). The number of nitrogens with one attached hydrogen (secondary N) is 2. The number of aliphatic carboxylic acids is 1. The first kappa shape index (κ1) is 17.6. The van der Waals surface area contributed by atoms with Gasteiger partial charge < -0.3 is 20.6 Å². The number of urea groups is 1. The van der Waals surface area contributed by atoms with E-state index in [0.717, 1.165) is 12.8 Å². The van der Waals surface area contributed by atoms with Crippen LogP contribution in [0.25, 0.3) is 0 Å². The van der Waals surface area contributed by atoms with Crippen LogP contribution in [0.5, 0.6) is 0 Å². The first-order valence-electron chi connectivity index (χ1n) is 6.98. The van der Waals surface area contributed by atoms with Crippen molar-refractivity contribution in [2.75, 3.05) is 32.1 Å². The summed E-state index contributed by atoms with van der Waals surface area (Å²) in [6, 6.07) is -1.29. The maximum absolute atomic E-state index is 12.1. The smallest absolute Gasteiger partial charge is 0.326 e. The summed E-state index contributed by atoms with van der Waals surface area (Å²) in [5.74, 6) is -0.663. The summed E-state index contributed by atoms with van der Waals surface area (Å²) in [6.07, 6.45) is 3.76. The molecule has 1 heterocycles. The zero-order chi connectivity index (χ0) is 15.8. The second-order valence-electron chi connectivity index (χ2n) is 5.02. The van der Waals surface area contributed by atoms with Gasteiger partial charge in [0, 0.05) is 20.1 Å². The maximum atomic E-state index is 12.1. The van der Waals surface area contributed by atoms with Crippen LogP contribution in [0.2, 0.25) is 0 Å². The second-order valence-corrected chi connectivity index (χ2v) is 6.01. The second kappa shape index (κ2) is 8.76. The van der Waals surface area contributed by atoms with Crippen molar-refractivity contribution >= 4 is 29.7 Å². The number of likely N-dealkylation sites (tertiary alicyclic amines) is 1. The molecule has 0 aliphatic carbocycles. The number of carbonyl (C=O) groups excluding carboxylic acids is 2. The molecule has 1 aliphatic heterocycles. The third-order valence-electron chi connectivity index (χ3n) is 3.53. The highest BCUT2D eigenvalue weighted by Gasteiger charge is 2.29. The van der Waals surface area contributed by atoms with Crippen LogP contribution < -0.4 is 10.6 Å². The fourth-order valence-corrected chi connectivity index (χ4v) is 2.78. The van der Waals surface area contributed by atoms with E-state index in [-0.39, 0.29) is 11.8 Å². The number of thioether (sulfide) groups is 1. The van der Waals surface area contributed by atoms with Gasteiger partial charge in [0.1, 0.15) is 6.04 Å². The summed E-state index contributed by atoms with van der Waals surface area (Å²) < 4.78 is 0. The molecule has 21 heavy (non-hydrogen) atoms. The van der Waals surface area contributed by atoms with Crippen LogP contribution in [0, 0.1) is 5.92 Å². The number of carbonyl (C=O) groups is 3. The number of piperidine rings is 1. The Labute approximate surface area is 128 Å². The lowest BCUT2D eigenvalue weighted by Crippen LogP contribution is -2.52. The molecular weight excluding hydrogens is 294 g/mol. The van der Waals surface area contributed by atoms with Gasteiger partial charge in [0.2, 0.25) is 5.91 Å². The number of rotatable bonds is 6. The topological polar surface area (TPSA) is 98.7 Å². The normalized spacial score (nSPS) is 19.7. The Morgan fingerprint density at radius 3 is 2.71 bits per heavy atom. The molecule has 1 aliphatic rings. The van der Waals surface area contributed by atoms with Crippen LogP contribution in [-0.4, -0.2) is 66.1 Å². The lowest BCUT2D eigenvalue weighted by molar-refractivity contribution is -0.139. The molecule has 0 spiro atoms. The Kier molecular flexibility index (Phi) is 7.35. The first-order valence-corrected chi connectivity index (χ1v) is 8.37. The first-order chi connectivity index (χ1) is 9.99. The number of carboxylic acids is 1. The third kappa shape index (κ3) is 5.45. The molecule has 120 valence electrons. The van der Waals surface area contributed by atoms with Crippen LogP contribution in [0.1, 0.15) is 19.3 Å². The summed E-state index contributed by atoms with van der Waals surface area (Å²) in [6.45, 7) is 0.883. The molecule has 0 saturated carbocycles. The van der Waals surface area contributed by atoms with Gasteiger partial charge in [-0.3, -0.25) is 4.79 Å². The monoisotopic (exact) mass is 317 g/mol. The molecule has 2 atom stereocenters. The van der Waals surface area contributed by atoms with Gasteiger partial charge in [-0.25, -0.2) is 9.59 Å². The van der Waals surface area contributed by atoms with Crippen LogP contribution >= 0.6 is 11.8 Å². The predicted octanol–water partition coefficient (Wildman–Crippen LogP) is 0.360. The van der Waals surface area contributed by atoms with Gasteiger partial charge in [-0.15, -0.1) is 0 Å². The van der Waals surface area contributed by atoms with E-state index in [2.05, 4.69) is 10.6 Å². The van der Waals surface area contributed by atoms with Crippen molar-refractivity contribution in [1.29, 1.82) is 0 Å². The number of hydrogen-bond acceptors (Lipinski definition) is 4. The van der Waals surface area contributed by atoms with Crippen LogP contribution in [0.3, 0.4) is 0 Å². The molecule has 0 radical (unpaired) electrons. The van der Waals surface area contributed by atoms with Gasteiger partial charge >= 0.3 is 12.0 Å². The molecule has 0 aromatic carbocycles. The van der Waals surface area contributed by atoms with Gasteiger partial charge in [-0.2, -0.15) is 11.8 Å². The van der Waals surface area contributed by atoms with E-state index in [9.17, 15) is 14.4 Å². The number of carboxylic acid groups (broad SMARTS) is 1. The fraction of sp³-hybridized carbons (Fsp3) is 0.769. The average molecular weight is 317 g/mol. The van der Waals surface area contributed by atoms with Gasteiger partial charge in [-0.1, -0.05) is 0 Å². The van der Waals surface area contributed by atoms with E-state index < -0.39 is 18.0 Å². The third-order valence-corrected chi connectivity index (χ3v) is 4.18. The number of hydrogen-bond donors (Lipinski definition) is 3. The van der Waals surface area contributed by atoms with Gasteiger partial charge in [0.05, 0.1) is 5.92 Å². The minimum Gasteiger partial charge on any atom is -0.480 e.